The molecule has 0 aliphatic carbocycles. The lowest BCUT2D eigenvalue weighted by Crippen LogP contribution is -2.61. The minimum absolute atomic E-state index is 0.0457. The van der Waals surface area contributed by atoms with Crippen LogP contribution in [0.2, 0.25) is 0 Å². The molecule has 1 aliphatic heterocycles. The van der Waals surface area contributed by atoms with Crippen LogP contribution in [0, 0.1) is 25.2 Å². The van der Waals surface area contributed by atoms with E-state index in [1.54, 1.807) is 32.0 Å². The number of carbonyl (C=O) groups is 4. The van der Waals surface area contributed by atoms with Crippen molar-refractivity contribution >= 4 is 23.7 Å². The minimum Gasteiger partial charge on any atom is -0.480 e. The molecule has 0 aromatic heterocycles. The molecule has 0 saturated carbocycles. The number of benzene rings is 1. The van der Waals surface area contributed by atoms with E-state index in [2.05, 4.69) is 36.6 Å². The van der Waals surface area contributed by atoms with Gasteiger partial charge in [-0.15, -0.1) is 0 Å². The maximum Gasteiger partial charge on any atom is 0.326 e. The molecule has 1 aliphatic rings. The number of rotatable bonds is 11. The summed E-state index contributed by atoms with van der Waals surface area (Å²) in [5, 5.41) is 15.8. The van der Waals surface area contributed by atoms with Crippen LogP contribution in [0.15, 0.2) is 29.8 Å². The highest BCUT2D eigenvalue weighted by Gasteiger charge is 2.42. The standard InChI is InChI=1S/C34H54N4O5/c1-20(2)26(19-23(5)30(40)38-17-13-14-25(38)32(42)43)37(12)31(41)28(33(6,7)8)36-29(39)27(35-11)34(9,10)24-16-15-21(3)22(4)18-24/h15-16,18-20,25-28,35H,13-14,17H2,1-12H3,(H,36,39)(H,42,43)/b23-19+/t25-,26-,27-,28-/m1/s1. The Kier molecular flexibility index (Phi) is 11.8. The molecule has 2 rings (SSSR count). The average Bonchev–Trinajstić information content (AvgIpc) is 3.40. The molecule has 240 valence electrons. The van der Waals surface area contributed by atoms with Crippen molar-refractivity contribution in [1.82, 2.24) is 20.4 Å². The normalized spacial score (nSPS) is 18.3. The molecule has 0 spiro atoms. The van der Waals surface area contributed by atoms with Crippen LogP contribution in [0.5, 0.6) is 0 Å². The quantitative estimate of drug-likeness (QED) is 0.329. The molecular formula is C34H54N4O5. The van der Waals surface area contributed by atoms with Gasteiger partial charge in [0.1, 0.15) is 12.1 Å². The Hall–Kier alpha value is -3.20. The van der Waals surface area contributed by atoms with Crippen molar-refractivity contribution in [3.05, 3.63) is 46.5 Å². The van der Waals surface area contributed by atoms with Gasteiger partial charge in [0.15, 0.2) is 0 Å². The number of carbonyl (C=O) groups excluding carboxylic acids is 3. The van der Waals surface area contributed by atoms with Gasteiger partial charge >= 0.3 is 5.97 Å². The number of amides is 3. The van der Waals surface area contributed by atoms with E-state index in [-0.39, 0.29) is 23.6 Å². The van der Waals surface area contributed by atoms with Gasteiger partial charge < -0.3 is 25.5 Å². The highest BCUT2D eigenvalue weighted by Crippen LogP contribution is 2.30. The van der Waals surface area contributed by atoms with E-state index in [1.807, 2.05) is 54.5 Å². The predicted octanol–water partition coefficient (Wildman–Crippen LogP) is 4.20. The molecule has 4 atom stereocenters. The van der Waals surface area contributed by atoms with E-state index >= 15 is 0 Å². The summed E-state index contributed by atoms with van der Waals surface area (Å²) in [6.07, 6.45) is 2.83. The Morgan fingerprint density at radius 1 is 1.05 bits per heavy atom. The third-order valence-electron chi connectivity index (χ3n) is 8.96. The van der Waals surface area contributed by atoms with Crippen LogP contribution in [0.25, 0.3) is 0 Å². The number of hydrogen-bond acceptors (Lipinski definition) is 5. The number of hydrogen-bond donors (Lipinski definition) is 3. The summed E-state index contributed by atoms with van der Waals surface area (Å²) in [7, 11) is 3.44. The van der Waals surface area contributed by atoms with Gasteiger partial charge in [-0.1, -0.05) is 72.7 Å². The molecule has 1 heterocycles. The summed E-state index contributed by atoms with van der Waals surface area (Å²) in [5.41, 5.74) is 2.57. The fourth-order valence-electron chi connectivity index (χ4n) is 5.93. The smallest absolute Gasteiger partial charge is 0.326 e. The van der Waals surface area contributed by atoms with Gasteiger partial charge in [-0.25, -0.2) is 4.79 Å². The van der Waals surface area contributed by atoms with Crippen LogP contribution < -0.4 is 10.6 Å². The Morgan fingerprint density at radius 2 is 1.65 bits per heavy atom. The lowest BCUT2D eigenvalue weighted by Gasteiger charge is -2.40. The third kappa shape index (κ3) is 8.25. The molecule has 0 unspecified atom stereocenters. The van der Waals surface area contributed by atoms with Crippen molar-refractivity contribution in [2.75, 3.05) is 20.6 Å². The maximum absolute atomic E-state index is 14.1. The highest BCUT2D eigenvalue weighted by atomic mass is 16.4. The Bertz CT molecular complexity index is 1230. The van der Waals surface area contributed by atoms with Gasteiger partial charge in [-0.2, -0.15) is 0 Å². The van der Waals surface area contributed by atoms with Crippen molar-refractivity contribution < 1.29 is 24.3 Å². The summed E-state index contributed by atoms with van der Waals surface area (Å²) >= 11 is 0. The van der Waals surface area contributed by atoms with Crippen molar-refractivity contribution in [2.24, 2.45) is 11.3 Å². The SMILES string of the molecule is CN[C@H](C(=O)N[C@H](C(=O)N(C)[C@H](/C=C(\C)C(=O)N1CCC[C@@H]1C(=O)O)C(C)C)C(C)(C)C)C(C)(C)c1ccc(C)c(C)c1. The summed E-state index contributed by atoms with van der Waals surface area (Å²) in [4.78, 5) is 55.9. The number of carboxylic acid groups (broad SMARTS) is 1. The maximum atomic E-state index is 14.1. The molecule has 0 radical (unpaired) electrons. The largest absolute Gasteiger partial charge is 0.480 e. The fraction of sp³-hybridized carbons (Fsp3) is 0.647. The molecule has 9 nitrogen and oxygen atoms in total. The number of aliphatic carboxylic acids is 1. The average molecular weight is 599 g/mol. The second kappa shape index (κ2) is 14.1. The predicted molar refractivity (Wildman–Crippen MR) is 171 cm³/mol. The molecule has 43 heavy (non-hydrogen) atoms. The van der Waals surface area contributed by atoms with E-state index in [0.717, 1.165) is 11.1 Å². The number of likely N-dealkylation sites (N-methyl/N-ethyl adjacent to an activating group) is 2. The van der Waals surface area contributed by atoms with Gasteiger partial charge in [0.2, 0.25) is 17.7 Å². The summed E-state index contributed by atoms with van der Waals surface area (Å²) in [6, 6.07) is 3.49. The Balaban J connectivity index is 2.36. The number of nitrogens with one attached hydrogen (secondary N) is 2. The van der Waals surface area contributed by atoms with Crippen molar-refractivity contribution in [1.29, 1.82) is 0 Å². The lowest BCUT2D eigenvalue weighted by molar-refractivity contribution is -0.146. The van der Waals surface area contributed by atoms with Crippen molar-refractivity contribution in [3.8, 4) is 0 Å². The number of carboxylic acids is 1. The van der Waals surface area contributed by atoms with Crippen LogP contribution in [0.3, 0.4) is 0 Å². The van der Waals surface area contributed by atoms with E-state index in [0.29, 0.717) is 25.0 Å². The zero-order valence-corrected chi connectivity index (χ0v) is 28.3. The number of nitrogens with zero attached hydrogens (tertiary/aromatic N) is 2. The highest BCUT2D eigenvalue weighted by molar-refractivity contribution is 5.96. The van der Waals surface area contributed by atoms with E-state index in [4.69, 9.17) is 0 Å². The van der Waals surface area contributed by atoms with Crippen molar-refractivity contribution in [3.63, 3.8) is 0 Å². The lowest BCUT2D eigenvalue weighted by atomic mass is 9.76. The summed E-state index contributed by atoms with van der Waals surface area (Å²) < 4.78 is 0. The topological polar surface area (TPSA) is 119 Å². The summed E-state index contributed by atoms with van der Waals surface area (Å²) in [6.45, 7) is 19.9. The molecule has 0 bridgehead atoms. The monoisotopic (exact) mass is 598 g/mol. The molecule has 3 N–H and O–H groups in total. The van der Waals surface area contributed by atoms with E-state index < -0.39 is 41.0 Å². The van der Waals surface area contributed by atoms with Gasteiger partial charge in [-0.3, -0.25) is 14.4 Å². The van der Waals surface area contributed by atoms with Gasteiger partial charge in [0, 0.05) is 24.6 Å². The first-order valence-electron chi connectivity index (χ1n) is 15.3. The van der Waals surface area contributed by atoms with Crippen LogP contribution in [-0.2, 0) is 24.6 Å². The fourth-order valence-corrected chi connectivity index (χ4v) is 5.93. The minimum atomic E-state index is -1.00. The molecule has 1 aromatic carbocycles. The van der Waals surface area contributed by atoms with Crippen LogP contribution in [0.1, 0.15) is 84.9 Å². The summed E-state index contributed by atoms with van der Waals surface area (Å²) in [5.74, 6) is -1.92. The first-order chi connectivity index (χ1) is 19.7. The molecule has 3 amide bonds. The third-order valence-corrected chi connectivity index (χ3v) is 8.96. The number of likely N-dealkylation sites (tertiary alicyclic amines) is 1. The van der Waals surface area contributed by atoms with Gasteiger partial charge in [0.25, 0.3) is 0 Å². The molecule has 1 aromatic rings. The first-order valence-corrected chi connectivity index (χ1v) is 15.3. The van der Waals surface area contributed by atoms with Crippen LogP contribution in [-0.4, -0.2) is 83.4 Å². The zero-order chi connectivity index (χ0) is 33.0. The molecule has 1 fully saturated rings. The second-order valence-electron chi connectivity index (χ2n) is 14.1. The van der Waals surface area contributed by atoms with E-state index in [1.165, 1.54) is 10.5 Å². The van der Waals surface area contributed by atoms with Crippen LogP contribution >= 0.6 is 0 Å². The Morgan fingerprint density at radius 3 is 2.14 bits per heavy atom. The first kappa shape index (κ1) is 36.0. The van der Waals surface area contributed by atoms with Gasteiger partial charge in [0.05, 0.1) is 12.1 Å². The molecule has 1 saturated heterocycles. The van der Waals surface area contributed by atoms with E-state index in [9.17, 15) is 24.3 Å². The number of aryl methyl sites for hydroxylation is 2. The second-order valence-corrected chi connectivity index (χ2v) is 14.1. The zero-order valence-electron chi connectivity index (χ0n) is 28.3. The molecular weight excluding hydrogens is 544 g/mol. The molecule has 9 heteroatoms. The van der Waals surface area contributed by atoms with Gasteiger partial charge in [-0.05, 0) is 68.7 Å². The van der Waals surface area contributed by atoms with Crippen LogP contribution in [0.4, 0.5) is 0 Å². The van der Waals surface area contributed by atoms with Crippen molar-refractivity contribution in [2.45, 2.75) is 112 Å². The Labute approximate surface area is 258 Å².